The van der Waals surface area contributed by atoms with Crippen molar-refractivity contribution in [1.29, 1.82) is 0 Å². The molecule has 16 heavy (non-hydrogen) atoms. The number of hydrogen-bond acceptors (Lipinski definition) is 3. The molecule has 1 aromatic rings. The molecule has 0 unspecified atom stereocenters. The number of esters is 1. The summed E-state index contributed by atoms with van der Waals surface area (Å²) in [6, 6.07) is 10.3. The summed E-state index contributed by atoms with van der Waals surface area (Å²) >= 11 is 0. The number of cyclic esters (lactones) is 1. The van der Waals surface area contributed by atoms with Gasteiger partial charge in [0.15, 0.2) is 0 Å². The zero-order valence-corrected chi connectivity index (χ0v) is 9.27. The molecule has 3 heteroatoms. The zero-order chi connectivity index (χ0) is 11.4. The number of ether oxygens (including phenoxy) is 1. The molecular formula is C13H15NO2. The SMILES string of the molecule is C[C@@H](NC=C1CCOC1=O)c1ccccc1. The molecule has 1 saturated heterocycles. The first kappa shape index (κ1) is 10.7. The van der Waals surface area contributed by atoms with Crippen LogP contribution in [0.5, 0.6) is 0 Å². The molecule has 1 aromatic carbocycles. The van der Waals surface area contributed by atoms with E-state index in [2.05, 4.69) is 24.4 Å². The quantitative estimate of drug-likeness (QED) is 0.623. The monoisotopic (exact) mass is 217 g/mol. The molecule has 1 atom stereocenters. The van der Waals surface area contributed by atoms with Crippen LogP contribution in [0.15, 0.2) is 42.1 Å². The first-order valence-corrected chi connectivity index (χ1v) is 5.44. The maximum Gasteiger partial charge on any atom is 0.335 e. The van der Waals surface area contributed by atoms with E-state index in [1.54, 1.807) is 6.20 Å². The van der Waals surface area contributed by atoms with Crippen molar-refractivity contribution in [2.45, 2.75) is 19.4 Å². The fourth-order valence-corrected chi connectivity index (χ4v) is 1.64. The topological polar surface area (TPSA) is 38.3 Å². The number of rotatable bonds is 3. The summed E-state index contributed by atoms with van der Waals surface area (Å²) in [5.74, 6) is -0.201. The average Bonchev–Trinajstić information content (AvgIpc) is 2.73. The van der Waals surface area contributed by atoms with Gasteiger partial charge in [-0.3, -0.25) is 0 Å². The maximum absolute atomic E-state index is 11.2. The number of carbonyl (C=O) groups is 1. The van der Waals surface area contributed by atoms with Gasteiger partial charge in [0.25, 0.3) is 0 Å². The Balaban J connectivity index is 1.98. The van der Waals surface area contributed by atoms with Crippen LogP contribution in [0, 0.1) is 0 Å². The highest BCUT2D eigenvalue weighted by Gasteiger charge is 2.18. The predicted octanol–water partition coefficient (Wildman–Crippen LogP) is 2.17. The van der Waals surface area contributed by atoms with Crippen LogP contribution in [0.1, 0.15) is 24.9 Å². The third-order valence-corrected chi connectivity index (χ3v) is 2.67. The second-order valence-electron chi connectivity index (χ2n) is 3.85. The Hall–Kier alpha value is -1.77. The first-order valence-electron chi connectivity index (χ1n) is 5.44. The lowest BCUT2D eigenvalue weighted by Gasteiger charge is -2.12. The van der Waals surface area contributed by atoms with E-state index in [9.17, 15) is 4.79 Å². The molecule has 0 radical (unpaired) electrons. The van der Waals surface area contributed by atoms with E-state index in [1.165, 1.54) is 5.56 Å². The second kappa shape index (κ2) is 4.84. The Morgan fingerprint density at radius 2 is 2.12 bits per heavy atom. The van der Waals surface area contributed by atoms with Crippen LogP contribution in [-0.2, 0) is 9.53 Å². The highest BCUT2D eigenvalue weighted by Crippen LogP contribution is 2.15. The van der Waals surface area contributed by atoms with Gasteiger partial charge in [0.1, 0.15) is 0 Å². The standard InChI is InChI=1S/C13H15NO2/c1-10(11-5-3-2-4-6-11)14-9-12-7-8-16-13(12)15/h2-6,9-10,14H,7-8H2,1H3/t10-/m1/s1. The Bertz CT molecular complexity index is 398. The average molecular weight is 217 g/mol. The van der Waals surface area contributed by atoms with E-state index < -0.39 is 0 Å². The van der Waals surface area contributed by atoms with Crippen LogP contribution < -0.4 is 5.32 Å². The highest BCUT2D eigenvalue weighted by molar-refractivity contribution is 5.90. The van der Waals surface area contributed by atoms with Crippen LogP contribution >= 0.6 is 0 Å². The smallest absolute Gasteiger partial charge is 0.335 e. The summed E-state index contributed by atoms with van der Waals surface area (Å²) in [4.78, 5) is 11.2. The minimum Gasteiger partial charge on any atom is -0.462 e. The van der Waals surface area contributed by atoms with Crippen molar-refractivity contribution in [3.63, 3.8) is 0 Å². The first-order chi connectivity index (χ1) is 7.77. The second-order valence-corrected chi connectivity index (χ2v) is 3.85. The van der Waals surface area contributed by atoms with Crippen molar-refractivity contribution < 1.29 is 9.53 Å². The van der Waals surface area contributed by atoms with Gasteiger partial charge in [-0.1, -0.05) is 30.3 Å². The summed E-state index contributed by atoms with van der Waals surface area (Å²) in [7, 11) is 0. The van der Waals surface area contributed by atoms with E-state index in [0.717, 1.165) is 5.57 Å². The summed E-state index contributed by atoms with van der Waals surface area (Å²) in [5, 5.41) is 3.21. The van der Waals surface area contributed by atoms with E-state index in [1.807, 2.05) is 18.2 Å². The van der Waals surface area contributed by atoms with E-state index in [4.69, 9.17) is 4.74 Å². The minimum absolute atomic E-state index is 0.196. The zero-order valence-electron chi connectivity index (χ0n) is 9.27. The van der Waals surface area contributed by atoms with Gasteiger partial charge in [-0.05, 0) is 12.5 Å². The molecule has 0 aliphatic carbocycles. The Morgan fingerprint density at radius 1 is 1.38 bits per heavy atom. The molecule has 1 aliphatic heterocycles. The van der Waals surface area contributed by atoms with Crippen molar-refractivity contribution >= 4 is 5.97 Å². The lowest BCUT2D eigenvalue weighted by Crippen LogP contribution is -2.13. The third-order valence-electron chi connectivity index (χ3n) is 2.67. The van der Waals surface area contributed by atoms with Crippen molar-refractivity contribution in [3.8, 4) is 0 Å². The van der Waals surface area contributed by atoms with Gasteiger partial charge in [0.2, 0.25) is 0 Å². The summed E-state index contributed by atoms with van der Waals surface area (Å²) < 4.78 is 4.86. The Kier molecular flexibility index (Phi) is 3.25. The highest BCUT2D eigenvalue weighted by atomic mass is 16.5. The molecular weight excluding hydrogens is 202 g/mol. The Morgan fingerprint density at radius 3 is 2.75 bits per heavy atom. The maximum atomic E-state index is 11.2. The van der Waals surface area contributed by atoms with Gasteiger partial charge in [-0.2, -0.15) is 0 Å². The van der Waals surface area contributed by atoms with Gasteiger partial charge in [0.05, 0.1) is 12.2 Å². The fourth-order valence-electron chi connectivity index (χ4n) is 1.64. The van der Waals surface area contributed by atoms with Gasteiger partial charge in [-0.15, -0.1) is 0 Å². The normalized spacial score (nSPS) is 19.6. The molecule has 84 valence electrons. The Labute approximate surface area is 95.1 Å². The van der Waals surface area contributed by atoms with Crippen LogP contribution in [0.3, 0.4) is 0 Å². The third kappa shape index (κ3) is 2.42. The molecule has 1 fully saturated rings. The van der Waals surface area contributed by atoms with E-state index >= 15 is 0 Å². The van der Waals surface area contributed by atoms with Crippen LogP contribution in [-0.4, -0.2) is 12.6 Å². The lowest BCUT2D eigenvalue weighted by molar-refractivity contribution is -0.135. The number of benzene rings is 1. The molecule has 0 bridgehead atoms. The molecule has 1 aliphatic rings. The molecule has 0 amide bonds. The van der Waals surface area contributed by atoms with Crippen LogP contribution in [0.2, 0.25) is 0 Å². The van der Waals surface area contributed by atoms with Crippen LogP contribution in [0.4, 0.5) is 0 Å². The van der Waals surface area contributed by atoms with Crippen molar-refractivity contribution in [2.24, 2.45) is 0 Å². The molecule has 2 rings (SSSR count). The molecule has 1 N–H and O–H groups in total. The van der Waals surface area contributed by atoms with Gasteiger partial charge in [0, 0.05) is 18.7 Å². The minimum atomic E-state index is -0.201. The largest absolute Gasteiger partial charge is 0.462 e. The van der Waals surface area contributed by atoms with Gasteiger partial charge < -0.3 is 10.1 Å². The lowest BCUT2D eigenvalue weighted by atomic mass is 10.1. The van der Waals surface area contributed by atoms with E-state index in [-0.39, 0.29) is 12.0 Å². The summed E-state index contributed by atoms with van der Waals surface area (Å²) in [6.45, 7) is 2.57. The summed E-state index contributed by atoms with van der Waals surface area (Å²) in [6.07, 6.45) is 2.47. The van der Waals surface area contributed by atoms with Gasteiger partial charge >= 0.3 is 5.97 Å². The molecule has 3 nitrogen and oxygen atoms in total. The number of nitrogens with one attached hydrogen (secondary N) is 1. The molecule has 0 saturated carbocycles. The van der Waals surface area contributed by atoms with Crippen LogP contribution in [0.25, 0.3) is 0 Å². The number of carbonyl (C=O) groups excluding carboxylic acids is 1. The van der Waals surface area contributed by atoms with Crippen molar-refractivity contribution in [3.05, 3.63) is 47.7 Å². The number of hydrogen-bond donors (Lipinski definition) is 1. The molecule has 0 aromatic heterocycles. The van der Waals surface area contributed by atoms with E-state index in [0.29, 0.717) is 13.0 Å². The van der Waals surface area contributed by atoms with Crippen molar-refractivity contribution in [2.75, 3.05) is 6.61 Å². The predicted molar refractivity (Wildman–Crippen MR) is 61.7 cm³/mol. The van der Waals surface area contributed by atoms with Gasteiger partial charge in [-0.25, -0.2) is 4.79 Å². The van der Waals surface area contributed by atoms with Crippen molar-refractivity contribution in [1.82, 2.24) is 5.32 Å². The molecule has 1 heterocycles. The summed E-state index contributed by atoms with van der Waals surface area (Å²) in [5.41, 5.74) is 1.92. The molecule has 0 spiro atoms. The fraction of sp³-hybridized carbons (Fsp3) is 0.308.